The lowest BCUT2D eigenvalue weighted by molar-refractivity contribution is -0.143. The maximum Gasteiger partial charge on any atom is 0.307 e. The van der Waals surface area contributed by atoms with Gasteiger partial charge < -0.3 is 5.11 Å². The summed E-state index contributed by atoms with van der Waals surface area (Å²) in [4.78, 5) is 11.1. The highest BCUT2D eigenvalue weighted by atomic mass is 19.1. The van der Waals surface area contributed by atoms with Gasteiger partial charge in [0.25, 0.3) is 0 Å². The molecule has 0 spiro atoms. The number of carbonyl (C=O) groups is 1. The Kier molecular flexibility index (Phi) is 3.22. The van der Waals surface area contributed by atoms with Gasteiger partial charge >= 0.3 is 5.97 Å². The first-order valence-electron chi connectivity index (χ1n) is 5.67. The Balaban J connectivity index is 2.30. The lowest BCUT2D eigenvalue weighted by atomic mass is 9.75. The van der Waals surface area contributed by atoms with Gasteiger partial charge in [-0.05, 0) is 24.5 Å². The molecule has 0 saturated heterocycles. The summed E-state index contributed by atoms with van der Waals surface area (Å²) in [7, 11) is 0. The summed E-state index contributed by atoms with van der Waals surface area (Å²) >= 11 is 0. The molecule has 2 nitrogen and oxygen atoms in total. The molecule has 86 valence electrons. The predicted octanol–water partition coefficient (Wildman–Crippen LogP) is 3.18. The number of carboxylic acids is 1. The van der Waals surface area contributed by atoms with Crippen LogP contribution >= 0.6 is 0 Å². The molecule has 16 heavy (non-hydrogen) atoms. The van der Waals surface area contributed by atoms with E-state index in [2.05, 4.69) is 0 Å². The van der Waals surface area contributed by atoms with Gasteiger partial charge in [0.2, 0.25) is 0 Å². The molecule has 0 radical (unpaired) electrons. The molecule has 2 atom stereocenters. The standard InChI is InChI=1S/C13H15FO2/c14-12-8-4-3-6-10(12)9-5-1-2-7-11(9)13(15)16/h3-4,6,8-9,11H,1-2,5,7H2,(H,15,16). The van der Waals surface area contributed by atoms with Crippen molar-refractivity contribution in [1.82, 2.24) is 0 Å². The Morgan fingerprint density at radius 3 is 2.62 bits per heavy atom. The second-order valence-electron chi connectivity index (χ2n) is 4.36. The minimum absolute atomic E-state index is 0.160. The summed E-state index contributed by atoms with van der Waals surface area (Å²) in [5.41, 5.74) is 0.564. The summed E-state index contributed by atoms with van der Waals surface area (Å²) in [6, 6.07) is 6.52. The largest absolute Gasteiger partial charge is 0.481 e. The molecular formula is C13H15FO2. The molecule has 0 amide bonds. The molecule has 2 rings (SSSR count). The molecule has 1 aliphatic carbocycles. The van der Waals surface area contributed by atoms with Crippen LogP contribution in [0.2, 0.25) is 0 Å². The molecular weight excluding hydrogens is 207 g/mol. The van der Waals surface area contributed by atoms with Gasteiger partial charge in [-0.2, -0.15) is 0 Å². The van der Waals surface area contributed by atoms with Crippen molar-refractivity contribution in [3.63, 3.8) is 0 Å². The van der Waals surface area contributed by atoms with E-state index in [0.29, 0.717) is 12.0 Å². The van der Waals surface area contributed by atoms with E-state index in [0.717, 1.165) is 19.3 Å². The number of benzene rings is 1. The molecule has 0 heterocycles. The number of carboxylic acid groups (broad SMARTS) is 1. The summed E-state index contributed by atoms with van der Waals surface area (Å²) in [6.45, 7) is 0. The average molecular weight is 222 g/mol. The minimum Gasteiger partial charge on any atom is -0.481 e. The van der Waals surface area contributed by atoms with Gasteiger partial charge in [0, 0.05) is 5.92 Å². The van der Waals surface area contributed by atoms with Crippen LogP contribution in [0.25, 0.3) is 0 Å². The van der Waals surface area contributed by atoms with E-state index in [1.807, 2.05) is 0 Å². The Morgan fingerprint density at radius 1 is 1.25 bits per heavy atom. The van der Waals surface area contributed by atoms with Crippen molar-refractivity contribution in [2.45, 2.75) is 31.6 Å². The molecule has 3 heteroatoms. The smallest absolute Gasteiger partial charge is 0.307 e. The lowest BCUT2D eigenvalue weighted by Crippen LogP contribution is -2.26. The fourth-order valence-electron chi connectivity index (χ4n) is 2.57. The third kappa shape index (κ3) is 2.08. The van der Waals surface area contributed by atoms with Crippen LogP contribution in [0.4, 0.5) is 4.39 Å². The maximum absolute atomic E-state index is 13.6. The molecule has 1 aromatic rings. The molecule has 2 unspecified atom stereocenters. The van der Waals surface area contributed by atoms with Crippen molar-refractivity contribution >= 4 is 5.97 Å². The quantitative estimate of drug-likeness (QED) is 0.834. The summed E-state index contributed by atoms with van der Waals surface area (Å²) in [5.74, 6) is -1.66. The minimum atomic E-state index is -0.798. The SMILES string of the molecule is O=C(O)C1CCCCC1c1ccccc1F. The van der Waals surface area contributed by atoms with E-state index in [1.54, 1.807) is 18.2 Å². The number of hydrogen-bond donors (Lipinski definition) is 1. The summed E-state index contributed by atoms with van der Waals surface area (Å²) in [6.07, 6.45) is 3.36. The third-order valence-electron chi connectivity index (χ3n) is 3.39. The van der Waals surface area contributed by atoms with Gasteiger partial charge in [-0.15, -0.1) is 0 Å². The van der Waals surface area contributed by atoms with Crippen molar-refractivity contribution in [2.24, 2.45) is 5.92 Å². The predicted molar refractivity (Wildman–Crippen MR) is 58.7 cm³/mol. The van der Waals surface area contributed by atoms with Crippen LogP contribution in [-0.4, -0.2) is 11.1 Å². The molecule has 1 saturated carbocycles. The van der Waals surface area contributed by atoms with Crippen molar-refractivity contribution < 1.29 is 14.3 Å². The molecule has 0 aliphatic heterocycles. The zero-order chi connectivity index (χ0) is 11.5. The Morgan fingerprint density at radius 2 is 1.94 bits per heavy atom. The van der Waals surface area contributed by atoms with Crippen LogP contribution in [0.1, 0.15) is 37.2 Å². The molecule has 0 aromatic heterocycles. The van der Waals surface area contributed by atoms with Gasteiger partial charge in [0.05, 0.1) is 5.92 Å². The van der Waals surface area contributed by atoms with Crippen molar-refractivity contribution in [3.05, 3.63) is 35.6 Å². The summed E-state index contributed by atoms with van der Waals surface area (Å²) in [5, 5.41) is 9.14. The highest BCUT2D eigenvalue weighted by Crippen LogP contribution is 2.38. The van der Waals surface area contributed by atoms with Crippen molar-refractivity contribution in [1.29, 1.82) is 0 Å². The second kappa shape index (κ2) is 4.64. The first kappa shape index (κ1) is 11.1. The Bertz CT molecular complexity index is 389. The molecule has 1 aliphatic rings. The van der Waals surface area contributed by atoms with E-state index in [1.165, 1.54) is 6.07 Å². The highest BCUT2D eigenvalue weighted by molar-refractivity contribution is 5.71. The van der Waals surface area contributed by atoms with Crippen LogP contribution in [-0.2, 0) is 4.79 Å². The van der Waals surface area contributed by atoms with Crippen LogP contribution in [0.5, 0.6) is 0 Å². The molecule has 1 fully saturated rings. The van der Waals surface area contributed by atoms with Gasteiger partial charge in [-0.1, -0.05) is 31.0 Å². The van der Waals surface area contributed by atoms with Gasteiger partial charge in [0.1, 0.15) is 5.82 Å². The van der Waals surface area contributed by atoms with Gasteiger partial charge in [-0.25, -0.2) is 4.39 Å². The molecule has 1 aromatic carbocycles. The van der Waals surface area contributed by atoms with Crippen LogP contribution in [0.3, 0.4) is 0 Å². The normalized spacial score (nSPS) is 25.3. The topological polar surface area (TPSA) is 37.3 Å². The maximum atomic E-state index is 13.6. The number of aliphatic carboxylic acids is 1. The zero-order valence-electron chi connectivity index (χ0n) is 9.03. The second-order valence-corrected chi connectivity index (χ2v) is 4.36. The number of halogens is 1. The van der Waals surface area contributed by atoms with E-state index in [9.17, 15) is 9.18 Å². The monoisotopic (exact) mass is 222 g/mol. The lowest BCUT2D eigenvalue weighted by Gasteiger charge is -2.29. The summed E-state index contributed by atoms with van der Waals surface area (Å²) < 4.78 is 13.6. The molecule has 0 bridgehead atoms. The van der Waals surface area contributed by atoms with Crippen molar-refractivity contribution in [2.75, 3.05) is 0 Å². The van der Waals surface area contributed by atoms with E-state index >= 15 is 0 Å². The average Bonchev–Trinajstić information content (AvgIpc) is 2.29. The Hall–Kier alpha value is -1.38. The first-order chi connectivity index (χ1) is 7.70. The van der Waals surface area contributed by atoms with Crippen LogP contribution < -0.4 is 0 Å². The van der Waals surface area contributed by atoms with Gasteiger partial charge in [0.15, 0.2) is 0 Å². The zero-order valence-corrected chi connectivity index (χ0v) is 9.03. The van der Waals surface area contributed by atoms with Crippen LogP contribution in [0.15, 0.2) is 24.3 Å². The van der Waals surface area contributed by atoms with E-state index in [4.69, 9.17) is 5.11 Å². The fourth-order valence-corrected chi connectivity index (χ4v) is 2.57. The van der Waals surface area contributed by atoms with Crippen molar-refractivity contribution in [3.8, 4) is 0 Å². The van der Waals surface area contributed by atoms with E-state index < -0.39 is 11.9 Å². The Labute approximate surface area is 94.1 Å². The molecule has 1 N–H and O–H groups in total. The number of hydrogen-bond acceptors (Lipinski definition) is 1. The first-order valence-corrected chi connectivity index (χ1v) is 5.67. The van der Waals surface area contributed by atoms with E-state index in [-0.39, 0.29) is 11.7 Å². The number of rotatable bonds is 2. The highest BCUT2D eigenvalue weighted by Gasteiger charge is 2.33. The fraction of sp³-hybridized carbons (Fsp3) is 0.462. The third-order valence-corrected chi connectivity index (χ3v) is 3.39. The van der Waals surface area contributed by atoms with Gasteiger partial charge in [-0.3, -0.25) is 4.79 Å². The van der Waals surface area contributed by atoms with Crippen LogP contribution in [0, 0.1) is 11.7 Å².